The molecule has 12 rings (SSSR count). The summed E-state index contributed by atoms with van der Waals surface area (Å²) in [4.78, 5) is 29.1. The van der Waals surface area contributed by atoms with Gasteiger partial charge in [0.25, 0.3) is 9.24 Å². The highest BCUT2D eigenvalue weighted by Gasteiger charge is 2.38. The van der Waals surface area contributed by atoms with Crippen molar-refractivity contribution in [1.29, 1.82) is 10.5 Å². The molecule has 16 N–H and O–H groups in total. The van der Waals surface area contributed by atoms with Gasteiger partial charge in [0.05, 0.1) is 55.2 Å². The third-order valence-corrected chi connectivity index (χ3v) is 22.3. The normalized spacial score (nSPS) is 18.8. The Kier molecular flexibility index (Phi) is 44.9. The Morgan fingerprint density at radius 1 is 0.660 bits per heavy atom. The average Bonchev–Trinajstić information content (AvgIpc) is 1.65. The van der Waals surface area contributed by atoms with Crippen LogP contribution in [0.25, 0.3) is 33.5 Å². The van der Waals surface area contributed by atoms with E-state index in [4.69, 9.17) is 44.5 Å². The number of halogens is 2. The quantitative estimate of drug-likeness (QED) is 0.0295. The minimum absolute atomic E-state index is 0. The molecule has 0 spiro atoms. The van der Waals surface area contributed by atoms with E-state index in [2.05, 4.69) is 167 Å². The van der Waals surface area contributed by atoms with Gasteiger partial charge in [-0.25, -0.2) is 54.2 Å². The van der Waals surface area contributed by atoms with Gasteiger partial charge in [0, 0.05) is 134 Å². The van der Waals surface area contributed by atoms with Crippen molar-refractivity contribution in [1.82, 2.24) is 81.0 Å². The molecule has 103 heavy (non-hydrogen) atoms. The molecule has 9 heterocycles. The van der Waals surface area contributed by atoms with E-state index in [1.807, 2.05) is 17.5 Å². The molecule has 3 aliphatic rings. The van der Waals surface area contributed by atoms with Gasteiger partial charge in [-0.05, 0) is 117 Å². The number of nitrogens with two attached hydrogens (primary N) is 3. The molecule has 564 valence electrons. The van der Waals surface area contributed by atoms with Gasteiger partial charge in [0.2, 0.25) is 0 Å². The van der Waals surface area contributed by atoms with Crippen LogP contribution in [0.2, 0.25) is 5.15 Å². The Morgan fingerprint density at radius 3 is 1.33 bits per heavy atom. The minimum atomic E-state index is -4.05. The van der Waals surface area contributed by atoms with Gasteiger partial charge >= 0.3 is 10.3 Å². The van der Waals surface area contributed by atoms with Crippen LogP contribution in [-0.2, 0) is 92.0 Å². The van der Waals surface area contributed by atoms with Crippen molar-refractivity contribution in [3.8, 4) is 36.3 Å². The maximum atomic E-state index is 11.0. The highest BCUT2D eigenvalue weighted by molar-refractivity contribution is 8.59. The summed E-state index contributed by atoms with van der Waals surface area (Å²) in [6.45, 7) is 6.58. The first-order chi connectivity index (χ1) is 48.5. The number of nitriles is 2. The second-order valence-electron chi connectivity index (χ2n) is 21.0. The molecule has 3 saturated carbocycles. The maximum absolute atomic E-state index is 11.0. The van der Waals surface area contributed by atoms with Gasteiger partial charge in [0.15, 0.2) is 50.3 Å². The molecule has 9 atom stereocenters. The van der Waals surface area contributed by atoms with Crippen molar-refractivity contribution in [3.63, 3.8) is 0 Å². The van der Waals surface area contributed by atoms with Crippen LogP contribution in [-0.4, -0.2) is 175 Å². The van der Waals surface area contributed by atoms with E-state index in [1.54, 1.807) is 67.1 Å². The standard InChI is InChI=1S/C16H21N7O4S2.C16H20N6O2S.C10H12ClN5O2.C6H9NS.C5H4.2C2H3N.CH4.ClH2NO2S.H3N.S5.H2/c17-29(25,26)27-8-10-6-11(7-13(10)24)23-16-14(21-22-23)15(19-9-20-16)18-4-3-12-2-1-5-28-12;23-8-10-6-11(7-13(10)24)22-16-14(20-21-22)15(18-9-19-16)17-4-3-12-2-1-5-25-12;11-9-8-10(13-4-12-9)16(15-14-8)6-1-5(3-17)7(18)2-6;7-4-3-6-2-1-5-8-6;1-3-5-4-2;2*1-2-3;;1-5(2,3)4;;1-3-5-4-2;/h1-2,5,9-11,13,24H,3-4,6-8H2,(H2,17,25,26)(H,18,19,20);1-2,5,9-11,13,23-24H,3-4,6-8H2,(H,17,18,19);4-7,17-18H,1-3H2;1-2,5H,3-4,7H2;1H,2H3;2*1H3;1H4;(H2,2,3,4);1H3;;1H. The Morgan fingerprint density at radius 2 is 1.02 bits per heavy atom. The number of hydrogen-bond donors (Lipinski definition) is 11. The van der Waals surface area contributed by atoms with Crippen LogP contribution in [0.1, 0.15) is 101 Å². The van der Waals surface area contributed by atoms with Crippen molar-refractivity contribution in [2.24, 2.45) is 33.8 Å². The van der Waals surface area contributed by atoms with Crippen LogP contribution in [0.15, 0.2) is 71.5 Å². The number of terminal acetylenes is 1. The number of aliphatic hydroxyl groups excluding tert-OH is 5. The van der Waals surface area contributed by atoms with Crippen molar-refractivity contribution < 1.29 is 48.0 Å². The van der Waals surface area contributed by atoms with Crippen LogP contribution in [0.3, 0.4) is 0 Å². The molecule has 9 unspecified atom stereocenters. The Balaban J connectivity index is 0.000000654. The van der Waals surface area contributed by atoms with E-state index in [0.29, 0.717) is 90.2 Å². The monoisotopic (exact) mass is 1650 g/mol. The summed E-state index contributed by atoms with van der Waals surface area (Å²) in [6.07, 6.45) is 13.4. The number of rotatable bonds is 18. The van der Waals surface area contributed by atoms with Gasteiger partial charge in [-0.3, -0.25) is 4.18 Å². The third kappa shape index (κ3) is 32.4. The Labute approximate surface area is 638 Å². The van der Waals surface area contributed by atoms with Crippen molar-refractivity contribution >= 4 is 170 Å². The van der Waals surface area contributed by atoms with E-state index in [-0.39, 0.29) is 75.9 Å². The maximum Gasteiger partial charge on any atom is 0.333 e. The molecule has 0 saturated heterocycles. The second-order valence-corrected chi connectivity index (χ2v) is 33.2. The summed E-state index contributed by atoms with van der Waals surface area (Å²) in [6, 6.07) is 15.7. The SMILES string of the molecule is C.C#CC#CC.CC#N.CC#N.N.NCCc1cccs1.NS(=O)(=O)Cl.NS(=O)(=O)OCC1CC(n2nnc3c(NCCc4cccs4)ncnc32)CC1O.OCC1CC(n2nnc3c(Cl)ncnc32)CC1O.OCC1CC(n2nnc3c(NCCc4cccs4)ncnc32)CC1O.S=S=S=S=S.[HH]. The molecule has 33 nitrogen and oxygen atoms in total. The summed E-state index contributed by atoms with van der Waals surface area (Å²) in [7, 11) is 0.487. The van der Waals surface area contributed by atoms with E-state index >= 15 is 0 Å². The van der Waals surface area contributed by atoms with E-state index < -0.39 is 37.9 Å². The second kappa shape index (κ2) is 50.0. The molecule has 3 aliphatic carbocycles. The lowest BCUT2D eigenvalue weighted by Crippen LogP contribution is -2.24. The summed E-state index contributed by atoms with van der Waals surface area (Å²) in [5.74, 6) is 7.74. The average molecular weight is 1650 g/mol. The van der Waals surface area contributed by atoms with Crippen LogP contribution in [0.5, 0.6) is 0 Å². The van der Waals surface area contributed by atoms with Crippen LogP contribution < -0.4 is 32.8 Å². The zero-order valence-corrected chi connectivity index (χ0v) is 64.6. The van der Waals surface area contributed by atoms with Gasteiger partial charge in [-0.1, -0.05) is 58.8 Å². The number of nitrogens with zero attached hydrogens (tertiary/aromatic N) is 17. The first-order valence-corrected chi connectivity index (χ1v) is 42.1. The molecule has 9 aromatic rings. The summed E-state index contributed by atoms with van der Waals surface area (Å²) < 4.78 is 50.1. The lowest BCUT2D eigenvalue weighted by molar-refractivity contribution is 0.0901. The Hall–Kier alpha value is -6.58. The number of anilines is 2. The molecule has 3 fully saturated rings. The van der Waals surface area contributed by atoms with Crippen molar-refractivity contribution in [3.05, 3.63) is 91.3 Å². The summed E-state index contributed by atoms with van der Waals surface area (Å²) in [5, 5.41) is 110. The van der Waals surface area contributed by atoms with Crippen LogP contribution in [0.4, 0.5) is 11.6 Å². The lowest BCUT2D eigenvalue weighted by atomic mass is 10.1. The number of aliphatic hydroxyl groups is 5. The van der Waals surface area contributed by atoms with E-state index in [1.165, 1.54) is 74.1 Å². The summed E-state index contributed by atoms with van der Waals surface area (Å²) >= 11 is 20.0. The zero-order valence-electron chi connectivity index (χ0n) is 55.0. The molecule has 0 aliphatic heterocycles. The van der Waals surface area contributed by atoms with Gasteiger partial charge < -0.3 is 48.1 Å². The number of hydrogen-bond acceptors (Lipinski definition) is 33. The molecular formula is C58H83Cl2N23O10S10. The largest absolute Gasteiger partial charge is 0.396 e. The Bertz CT molecular complexity index is 4480. The highest BCUT2D eigenvalue weighted by atomic mass is 35.7. The zero-order chi connectivity index (χ0) is 74.3. The number of aromatic nitrogens is 15. The molecule has 0 aromatic carbocycles. The number of nitrogens with one attached hydrogen (secondary N) is 2. The number of fused-ring (bicyclic) bond motifs is 3. The molecule has 0 radical (unpaired) electrons. The topological polar surface area (TPSA) is 533 Å². The van der Waals surface area contributed by atoms with Gasteiger partial charge in [-0.2, -0.15) is 27.4 Å². The highest BCUT2D eigenvalue weighted by Crippen LogP contribution is 2.39. The smallest absolute Gasteiger partial charge is 0.333 e. The van der Waals surface area contributed by atoms with Crippen molar-refractivity contribution in [2.45, 2.75) is 122 Å². The lowest BCUT2D eigenvalue weighted by Gasteiger charge is -2.12. The minimum Gasteiger partial charge on any atom is -0.396 e. The van der Waals surface area contributed by atoms with E-state index in [9.17, 15) is 37.3 Å². The van der Waals surface area contributed by atoms with Crippen molar-refractivity contribution in [2.75, 3.05) is 50.1 Å². The first kappa shape index (κ1) is 92.5. The van der Waals surface area contributed by atoms with Crippen LogP contribution >= 0.6 is 56.3 Å². The van der Waals surface area contributed by atoms with Crippen LogP contribution in [0, 0.1) is 64.6 Å². The molecule has 0 bridgehead atoms. The van der Waals surface area contributed by atoms with Gasteiger partial charge in [-0.15, -0.1) is 55.7 Å². The summed E-state index contributed by atoms with van der Waals surface area (Å²) in [5.41, 5.74) is 8.75. The predicted octanol–water partition coefficient (Wildman–Crippen LogP) is 5.30. The fraction of sp³-hybridized carbons (Fsp3) is 0.483. The fourth-order valence-electron chi connectivity index (χ4n) is 10.0. The third-order valence-electron chi connectivity index (χ3n) is 14.3. The molecule has 0 amide bonds. The molecule has 9 aromatic heterocycles. The number of thiophene rings is 3. The first-order valence-electron chi connectivity index (χ1n) is 29.9. The predicted molar refractivity (Wildman–Crippen MR) is 416 cm³/mol. The molecular weight excluding hydrogens is 1570 g/mol. The van der Waals surface area contributed by atoms with E-state index in [0.717, 1.165) is 32.4 Å². The van der Waals surface area contributed by atoms with Gasteiger partial charge in [0.1, 0.15) is 19.0 Å². The fourth-order valence-corrected chi connectivity index (χ4v) is 15.5. The molecule has 45 heteroatoms.